The molecule has 0 unspecified atom stereocenters. The van der Waals surface area contributed by atoms with Crippen molar-refractivity contribution in [3.8, 4) is 0 Å². The SMILES string of the molecule is O=C(Cn1cnc(S(=O)(=O)N2CCCC2)c1)Nc1ccc(Cl)cc1F. The molecule has 0 atom stereocenters. The van der Waals surface area contributed by atoms with Crippen LogP contribution in [-0.2, 0) is 21.4 Å². The van der Waals surface area contributed by atoms with E-state index in [0.29, 0.717) is 13.1 Å². The van der Waals surface area contributed by atoms with E-state index in [1.807, 2.05) is 0 Å². The summed E-state index contributed by atoms with van der Waals surface area (Å²) in [5.74, 6) is -1.16. The van der Waals surface area contributed by atoms with Crippen molar-refractivity contribution in [1.82, 2.24) is 13.9 Å². The van der Waals surface area contributed by atoms with Crippen LogP contribution in [0.5, 0.6) is 0 Å². The molecule has 1 aromatic carbocycles. The van der Waals surface area contributed by atoms with Gasteiger partial charge in [0.05, 0.1) is 12.0 Å². The van der Waals surface area contributed by atoms with Gasteiger partial charge >= 0.3 is 0 Å². The summed E-state index contributed by atoms with van der Waals surface area (Å²) in [5, 5.41) is 2.53. The van der Waals surface area contributed by atoms with Crippen LogP contribution in [0.25, 0.3) is 0 Å². The van der Waals surface area contributed by atoms with E-state index in [4.69, 9.17) is 11.6 Å². The molecule has 0 bridgehead atoms. The Morgan fingerprint density at radius 2 is 2.04 bits per heavy atom. The average molecular weight is 387 g/mol. The molecule has 0 radical (unpaired) electrons. The summed E-state index contributed by atoms with van der Waals surface area (Å²) >= 11 is 5.66. The van der Waals surface area contributed by atoms with Crippen molar-refractivity contribution in [2.75, 3.05) is 18.4 Å². The third-order valence-corrected chi connectivity index (χ3v) is 5.83. The number of hydrogen-bond acceptors (Lipinski definition) is 4. The maximum absolute atomic E-state index is 13.7. The summed E-state index contributed by atoms with van der Waals surface area (Å²) in [6.45, 7) is 0.766. The zero-order valence-corrected chi connectivity index (χ0v) is 14.7. The van der Waals surface area contributed by atoms with E-state index in [-0.39, 0.29) is 22.3 Å². The summed E-state index contributed by atoms with van der Waals surface area (Å²) in [7, 11) is -3.63. The number of carbonyl (C=O) groups excluding carboxylic acids is 1. The number of anilines is 1. The Balaban J connectivity index is 1.67. The number of nitrogens with one attached hydrogen (secondary N) is 1. The fraction of sp³-hybridized carbons (Fsp3) is 0.333. The Kier molecular flexibility index (Phi) is 5.07. The van der Waals surface area contributed by atoms with Crippen molar-refractivity contribution in [3.63, 3.8) is 0 Å². The third-order valence-electron chi connectivity index (χ3n) is 3.81. The molecule has 134 valence electrons. The number of halogens is 2. The average Bonchev–Trinajstić information content (AvgIpc) is 3.22. The molecule has 1 saturated heterocycles. The van der Waals surface area contributed by atoms with Crippen LogP contribution in [-0.4, -0.2) is 41.3 Å². The van der Waals surface area contributed by atoms with E-state index in [1.54, 1.807) is 0 Å². The molecule has 1 aromatic heterocycles. The molecular formula is C15H16ClFN4O3S. The Labute approximate surface area is 149 Å². The Morgan fingerprint density at radius 1 is 1.32 bits per heavy atom. The molecule has 10 heteroatoms. The molecule has 0 spiro atoms. The number of nitrogens with zero attached hydrogens (tertiary/aromatic N) is 3. The van der Waals surface area contributed by atoms with Crippen molar-refractivity contribution in [2.24, 2.45) is 0 Å². The van der Waals surface area contributed by atoms with Gasteiger partial charge in [0.15, 0.2) is 5.03 Å². The molecule has 25 heavy (non-hydrogen) atoms. The van der Waals surface area contributed by atoms with Crippen molar-refractivity contribution < 1.29 is 17.6 Å². The minimum Gasteiger partial charge on any atom is -0.327 e. The molecule has 1 fully saturated rings. The van der Waals surface area contributed by atoms with Gasteiger partial charge in [-0.15, -0.1) is 0 Å². The maximum atomic E-state index is 13.7. The van der Waals surface area contributed by atoms with E-state index >= 15 is 0 Å². The number of imidazole rings is 1. The first-order valence-corrected chi connectivity index (χ1v) is 9.45. The van der Waals surface area contributed by atoms with Crippen molar-refractivity contribution in [3.05, 3.63) is 41.6 Å². The van der Waals surface area contributed by atoms with Gasteiger partial charge in [-0.3, -0.25) is 4.79 Å². The first kappa shape index (κ1) is 17.8. The van der Waals surface area contributed by atoms with Gasteiger partial charge in [-0.05, 0) is 31.0 Å². The molecule has 2 heterocycles. The highest BCUT2D eigenvalue weighted by Crippen LogP contribution is 2.20. The van der Waals surface area contributed by atoms with Gasteiger partial charge in [0.1, 0.15) is 12.4 Å². The van der Waals surface area contributed by atoms with Gasteiger partial charge in [0.25, 0.3) is 10.0 Å². The van der Waals surface area contributed by atoms with Crippen LogP contribution >= 0.6 is 11.6 Å². The summed E-state index contributed by atoms with van der Waals surface area (Å²) in [6, 6.07) is 3.90. The summed E-state index contributed by atoms with van der Waals surface area (Å²) in [4.78, 5) is 15.9. The molecule has 1 amide bonds. The van der Waals surface area contributed by atoms with E-state index in [0.717, 1.165) is 18.9 Å². The number of sulfonamides is 1. The van der Waals surface area contributed by atoms with Gasteiger partial charge in [-0.2, -0.15) is 4.31 Å². The lowest BCUT2D eigenvalue weighted by atomic mass is 10.3. The minimum absolute atomic E-state index is 0.000531. The number of benzene rings is 1. The number of aromatic nitrogens is 2. The lowest BCUT2D eigenvalue weighted by Gasteiger charge is -2.12. The molecule has 2 aromatic rings. The Morgan fingerprint density at radius 3 is 2.72 bits per heavy atom. The maximum Gasteiger partial charge on any atom is 0.262 e. The number of amides is 1. The lowest BCUT2D eigenvalue weighted by Crippen LogP contribution is -2.28. The topological polar surface area (TPSA) is 84.3 Å². The van der Waals surface area contributed by atoms with Crippen LogP contribution in [0.15, 0.2) is 35.7 Å². The molecule has 0 saturated carbocycles. The highest BCUT2D eigenvalue weighted by molar-refractivity contribution is 7.89. The second-order valence-electron chi connectivity index (χ2n) is 5.67. The highest BCUT2D eigenvalue weighted by Gasteiger charge is 2.29. The second kappa shape index (κ2) is 7.11. The molecule has 1 N–H and O–H groups in total. The van der Waals surface area contributed by atoms with Crippen LogP contribution in [0.4, 0.5) is 10.1 Å². The third kappa shape index (κ3) is 4.00. The molecule has 1 aliphatic heterocycles. The van der Waals surface area contributed by atoms with Crippen LogP contribution in [0.3, 0.4) is 0 Å². The Bertz CT molecular complexity index is 894. The van der Waals surface area contributed by atoms with Gasteiger partial charge in [-0.1, -0.05) is 11.6 Å². The van der Waals surface area contributed by atoms with Gasteiger partial charge < -0.3 is 9.88 Å². The second-order valence-corrected chi connectivity index (χ2v) is 7.99. The fourth-order valence-electron chi connectivity index (χ4n) is 2.57. The first-order chi connectivity index (χ1) is 11.9. The summed E-state index contributed by atoms with van der Waals surface area (Å²) in [6.07, 6.45) is 4.22. The standard InChI is InChI=1S/C15H16ClFN4O3S/c16-11-3-4-13(12(17)7-11)19-14(22)8-20-9-15(18-10-20)25(23,24)21-5-1-2-6-21/h3-4,7,9-10H,1-2,5-6,8H2,(H,19,22). The van der Waals surface area contributed by atoms with Crippen molar-refractivity contribution in [1.29, 1.82) is 0 Å². The van der Waals surface area contributed by atoms with Gasteiger partial charge in [0.2, 0.25) is 5.91 Å². The van der Waals surface area contributed by atoms with E-state index in [1.165, 1.54) is 33.5 Å². The van der Waals surface area contributed by atoms with Crippen molar-refractivity contribution in [2.45, 2.75) is 24.4 Å². The Hall–Kier alpha value is -1.97. The number of hydrogen-bond donors (Lipinski definition) is 1. The van der Waals surface area contributed by atoms with E-state index < -0.39 is 21.7 Å². The number of carbonyl (C=O) groups is 1. The first-order valence-electron chi connectivity index (χ1n) is 7.63. The number of rotatable bonds is 5. The molecule has 1 aliphatic rings. The normalized spacial score (nSPS) is 15.4. The largest absolute Gasteiger partial charge is 0.327 e. The van der Waals surface area contributed by atoms with E-state index in [2.05, 4.69) is 10.3 Å². The summed E-state index contributed by atoms with van der Waals surface area (Å²) in [5.41, 5.74) is -0.000531. The van der Waals surface area contributed by atoms with Crippen molar-refractivity contribution >= 4 is 33.2 Å². The van der Waals surface area contributed by atoms with Gasteiger partial charge in [0, 0.05) is 24.3 Å². The zero-order chi connectivity index (χ0) is 18.0. The van der Waals surface area contributed by atoms with Gasteiger partial charge in [-0.25, -0.2) is 17.8 Å². The molecular weight excluding hydrogens is 371 g/mol. The smallest absolute Gasteiger partial charge is 0.262 e. The quantitative estimate of drug-likeness (QED) is 0.852. The minimum atomic E-state index is -3.63. The molecule has 3 rings (SSSR count). The highest BCUT2D eigenvalue weighted by atomic mass is 35.5. The lowest BCUT2D eigenvalue weighted by molar-refractivity contribution is -0.116. The monoisotopic (exact) mass is 386 g/mol. The molecule has 0 aliphatic carbocycles. The van der Waals surface area contributed by atoms with Crippen LogP contribution < -0.4 is 5.32 Å². The predicted octanol–water partition coefficient (Wildman–Crippen LogP) is 2.10. The van der Waals surface area contributed by atoms with Crippen LogP contribution in [0.1, 0.15) is 12.8 Å². The van der Waals surface area contributed by atoms with E-state index in [9.17, 15) is 17.6 Å². The zero-order valence-electron chi connectivity index (χ0n) is 13.2. The van der Waals surface area contributed by atoms with Crippen LogP contribution in [0.2, 0.25) is 5.02 Å². The molecule has 7 nitrogen and oxygen atoms in total. The van der Waals surface area contributed by atoms with Crippen LogP contribution in [0, 0.1) is 5.82 Å². The fourth-order valence-corrected chi connectivity index (χ4v) is 4.18. The summed E-state index contributed by atoms with van der Waals surface area (Å²) < 4.78 is 41.2. The predicted molar refractivity (Wildman–Crippen MR) is 90.3 cm³/mol.